The maximum Gasteiger partial charge on any atom is 0.268 e. The van der Waals surface area contributed by atoms with E-state index in [1.807, 2.05) is 30.3 Å². The molecule has 2 aromatic heterocycles. The molecule has 1 N–H and O–H groups in total. The smallest absolute Gasteiger partial charge is 0.268 e. The summed E-state index contributed by atoms with van der Waals surface area (Å²) in [4.78, 5) is 38.8. The van der Waals surface area contributed by atoms with Crippen LogP contribution in [0.3, 0.4) is 0 Å². The van der Waals surface area contributed by atoms with Crippen LogP contribution in [0.25, 0.3) is 5.69 Å². The molecule has 0 radical (unpaired) electrons. The molecule has 0 saturated heterocycles. The molecule has 3 aromatic rings. The fourth-order valence-corrected chi connectivity index (χ4v) is 3.99. The summed E-state index contributed by atoms with van der Waals surface area (Å²) >= 11 is 0. The molecule has 1 aliphatic carbocycles. The quantitative estimate of drug-likeness (QED) is 0.655. The highest BCUT2D eigenvalue weighted by Crippen LogP contribution is 2.24. The summed E-state index contributed by atoms with van der Waals surface area (Å²) in [6.45, 7) is 4.55. The van der Waals surface area contributed by atoms with Crippen molar-refractivity contribution in [1.82, 2.24) is 9.88 Å². The molecule has 0 aliphatic heterocycles. The monoisotopic (exact) mass is 418 g/mol. The van der Waals surface area contributed by atoms with Crippen molar-refractivity contribution >= 4 is 11.7 Å². The number of hydrogen-bond acceptors (Lipinski definition) is 4. The van der Waals surface area contributed by atoms with Crippen LogP contribution < -0.4 is 10.9 Å². The van der Waals surface area contributed by atoms with Crippen molar-refractivity contribution in [3.8, 4) is 5.69 Å². The normalized spacial score (nSPS) is 13.3. The number of pyridine rings is 1. The molecule has 6 nitrogen and oxygen atoms in total. The van der Waals surface area contributed by atoms with E-state index < -0.39 is 11.5 Å². The SMILES string of the molecule is CC(C)c1ccc(-n2c3c(cc(C(=O)NCCc4ccco4)c2=O)C(=O)CCC3)cc1. The minimum Gasteiger partial charge on any atom is -0.469 e. The highest BCUT2D eigenvalue weighted by atomic mass is 16.3. The van der Waals surface area contributed by atoms with Crippen LogP contribution in [0.15, 0.2) is 57.9 Å². The van der Waals surface area contributed by atoms with E-state index in [0.717, 1.165) is 11.3 Å². The van der Waals surface area contributed by atoms with Crippen LogP contribution in [-0.4, -0.2) is 22.8 Å². The third kappa shape index (κ3) is 4.24. The minimum atomic E-state index is -0.481. The molecule has 0 bridgehead atoms. The van der Waals surface area contributed by atoms with Crippen LogP contribution in [0.4, 0.5) is 0 Å². The lowest BCUT2D eigenvalue weighted by atomic mass is 9.92. The maximum absolute atomic E-state index is 13.4. The second kappa shape index (κ2) is 8.76. The van der Waals surface area contributed by atoms with Gasteiger partial charge in [-0.25, -0.2) is 0 Å². The second-order valence-electron chi connectivity index (χ2n) is 8.17. The Hall–Kier alpha value is -3.41. The van der Waals surface area contributed by atoms with E-state index in [1.165, 1.54) is 10.6 Å². The molecule has 0 fully saturated rings. The van der Waals surface area contributed by atoms with Crippen molar-refractivity contribution < 1.29 is 14.0 Å². The summed E-state index contributed by atoms with van der Waals surface area (Å²) in [6, 6.07) is 12.8. The molecule has 160 valence electrons. The Kier molecular flexibility index (Phi) is 5.89. The Bertz CT molecular complexity index is 1160. The number of fused-ring (bicyclic) bond motifs is 1. The Morgan fingerprint density at radius 1 is 1.13 bits per heavy atom. The van der Waals surface area contributed by atoms with Gasteiger partial charge in [-0.3, -0.25) is 19.0 Å². The van der Waals surface area contributed by atoms with Gasteiger partial charge in [-0.1, -0.05) is 26.0 Å². The van der Waals surface area contributed by atoms with Gasteiger partial charge < -0.3 is 9.73 Å². The summed E-state index contributed by atoms with van der Waals surface area (Å²) in [5, 5.41) is 2.78. The first-order valence-electron chi connectivity index (χ1n) is 10.7. The number of benzene rings is 1. The van der Waals surface area contributed by atoms with Crippen molar-refractivity contribution in [1.29, 1.82) is 0 Å². The number of ketones is 1. The first-order valence-corrected chi connectivity index (χ1v) is 10.7. The fraction of sp³-hybridized carbons (Fsp3) is 0.320. The van der Waals surface area contributed by atoms with Gasteiger partial charge in [0, 0.05) is 36.3 Å². The van der Waals surface area contributed by atoms with E-state index >= 15 is 0 Å². The highest BCUT2D eigenvalue weighted by Gasteiger charge is 2.26. The van der Waals surface area contributed by atoms with E-state index in [-0.39, 0.29) is 11.3 Å². The molecule has 0 spiro atoms. The summed E-state index contributed by atoms with van der Waals surface area (Å²) in [5.41, 5.74) is 2.57. The van der Waals surface area contributed by atoms with Gasteiger partial charge in [0.2, 0.25) is 0 Å². The van der Waals surface area contributed by atoms with Crippen molar-refractivity contribution in [2.45, 2.75) is 45.4 Å². The fourth-order valence-electron chi connectivity index (χ4n) is 3.99. The first-order chi connectivity index (χ1) is 15.0. The third-order valence-corrected chi connectivity index (χ3v) is 5.72. The second-order valence-corrected chi connectivity index (χ2v) is 8.17. The predicted molar refractivity (Wildman–Crippen MR) is 118 cm³/mol. The zero-order valence-corrected chi connectivity index (χ0v) is 17.8. The highest BCUT2D eigenvalue weighted by molar-refractivity contribution is 6.01. The molecule has 4 rings (SSSR count). The Balaban J connectivity index is 1.71. The van der Waals surface area contributed by atoms with E-state index in [1.54, 1.807) is 12.3 Å². The number of nitrogens with zero attached hydrogens (tertiary/aromatic N) is 1. The van der Waals surface area contributed by atoms with Crippen LogP contribution in [0.2, 0.25) is 0 Å². The predicted octanol–water partition coefficient (Wildman–Crippen LogP) is 4.05. The van der Waals surface area contributed by atoms with Crippen LogP contribution in [-0.2, 0) is 12.8 Å². The van der Waals surface area contributed by atoms with Crippen molar-refractivity contribution in [2.75, 3.05) is 6.54 Å². The summed E-state index contributed by atoms with van der Waals surface area (Å²) < 4.78 is 6.81. The van der Waals surface area contributed by atoms with Gasteiger partial charge in [0.25, 0.3) is 11.5 Å². The summed E-state index contributed by atoms with van der Waals surface area (Å²) in [5.74, 6) is 0.611. The lowest BCUT2D eigenvalue weighted by Gasteiger charge is -2.22. The zero-order chi connectivity index (χ0) is 22.0. The van der Waals surface area contributed by atoms with Gasteiger partial charge in [-0.15, -0.1) is 0 Å². The number of amides is 1. The first kappa shape index (κ1) is 20.8. The lowest BCUT2D eigenvalue weighted by molar-refractivity contribution is 0.0951. The summed E-state index contributed by atoms with van der Waals surface area (Å²) in [7, 11) is 0. The van der Waals surface area contributed by atoms with E-state index in [2.05, 4.69) is 19.2 Å². The molecular weight excluding hydrogens is 392 g/mol. The number of nitrogens with one attached hydrogen (secondary N) is 1. The van der Waals surface area contributed by atoms with Crippen LogP contribution in [0, 0.1) is 0 Å². The largest absolute Gasteiger partial charge is 0.469 e. The molecule has 0 saturated carbocycles. The van der Waals surface area contributed by atoms with E-state index in [4.69, 9.17) is 4.42 Å². The standard InChI is InChI=1S/C25H26N2O4/c1-16(2)17-8-10-18(11-9-17)27-22-6-3-7-23(28)20(22)15-21(25(27)30)24(29)26-13-12-19-5-4-14-31-19/h4-5,8-11,14-16H,3,6-7,12-13H2,1-2H3,(H,26,29). The third-order valence-electron chi connectivity index (χ3n) is 5.72. The topological polar surface area (TPSA) is 81.3 Å². The van der Waals surface area contributed by atoms with Crippen LogP contribution >= 0.6 is 0 Å². The number of aromatic nitrogens is 1. The van der Waals surface area contributed by atoms with Gasteiger partial charge in [-0.05, 0) is 54.7 Å². The van der Waals surface area contributed by atoms with Gasteiger partial charge >= 0.3 is 0 Å². The van der Waals surface area contributed by atoms with E-state index in [0.29, 0.717) is 55.1 Å². The molecule has 1 aliphatic rings. The van der Waals surface area contributed by atoms with Crippen molar-refractivity contribution in [2.24, 2.45) is 0 Å². The Morgan fingerprint density at radius 2 is 1.90 bits per heavy atom. The Morgan fingerprint density at radius 3 is 2.58 bits per heavy atom. The van der Waals surface area contributed by atoms with Crippen molar-refractivity contribution in [3.63, 3.8) is 0 Å². The average Bonchev–Trinajstić information content (AvgIpc) is 3.27. The molecule has 0 atom stereocenters. The minimum absolute atomic E-state index is 0.0126. The zero-order valence-electron chi connectivity index (χ0n) is 17.8. The molecule has 6 heteroatoms. The molecule has 31 heavy (non-hydrogen) atoms. The molecule has 0 unspecified atom stereocenters. The number of carbonyl (C=O) groups is 2. The summed E-state index contributed by atoms with van der Waals surface area (Å²) in [6.07, 6.45) is 3.85. The van der Waals surface area contributed by atoms with Gasteiger partial charge in [-0.2, -0.15) is 0 Å². The van der Waals surface area contributed by atoms with Gasteiger partial charge in [0.05, 0.1) is 6.26 Å². The van der Waals surface area contributed by atoms with Crippen LogP contribution in [0.5, 0.6) is 0 Å². The van der Waals surface area contributed by atoms with Gasteiger partial charge in [0.1, 0.15) is 11.3 Å². The number of carbonyl (C=O) groups excluding carboxylic acids is 2. The molecule has 2 heterocycles. The van der Waals surface area contributed by atoms with Crippen molar-refractivity contribution in [3.05, 3.63) is 87.2 Å². The van der Waals surface area contributed by atoms with Gasteiger partial charge in [0.15, 0.2) is 5.78 Å². The number of furan rings is 1. The number of Topliss-reactive ketones (excluding diaryl/α,β-unsaturated/α-hetero) is 1. The molecule has 1 amide bonds. The maximum atomic E-state index is 13.4. The average molecular weight is 418 g/mol. The molecular formula is C25H26N2O4. The lowest BCUT2D eigenvalue weighted by Crippen LogP contribution is -2.36. The number of hydrogen-bond donors (Lipinski definition) is 1. The molecule has 1 aromatic carbocycles. The van der Waals surface area contributed by atoms with E-state index in [9.17, 15) is 14.4 Å². The van der Waals surface area contributed by atoms with Crippen LogP contribution in [0.1, 0.15) is 70.3 Å². The Labute approximate surface area is 180 Å². The number of rotatable bonds is 6.